The molecule has 6 heteroatoms. The fraction of sp³-hybridized carbons (Fsp3) is 0. The van der Waals surface area contributed by atoms with Crippen LogP contribution < -0.4 is 16.6 Å². The van der Waals surface area contributed by atoms with E-state index in [2.05, 4.69) is 10.7 Å². The molecule has 0 aliphatic heterocycles. The zero-order chi connectivity index (χ0) is 13.8. The lowest BCUT2D eigenvalue weighted by Crippen LogP contribution is -2.13. The van der Waals surface area contributed by atoms with Gasteiger partial charge in [0.25, 0.3) is 5.91 Å². The van der Waals surface area contributed by atoms with Crippen molar-refractivity contribution in [2.75, 3.05) is 10.7 Å². The van der Waals surface area contributed by atoms with Crippen LogP contribution in [0.5, 0.6) is 0 Å². The molecule has 0 heterocycles. The zero-order valence-electron chi connectivity index (χ0n) is 9.78. The molecule has 2 rings (SSSR count). The van der Waals surface area contributed by atoms with E-state index in [4.69, 9.17) is 5.84 Å². The van der Waals surface area contributed by atoms with Crippen LogP contribution in [0.2, 0.25) is 0 Å². The summed E-state index contributed by atoms with van der Waals surface area (Å²) in [7, 11) is 0. The second kappa shape index (κ2) is 5.45. The first kappa shape index (κ1) is 13.0. The molecular weight excluding hydrogens is 252 g/mol. The van der Waals surface area contributed by atoms with Gasteiger partial charge in [-0.1, -0.05) is 0 Å². The predicted molar refractivity (Wildman–Crippen MR) is 68.6 cm³/mol. The van der Waals surface area contributed by atoms with Crippen molar-refractivity contribution in [2.24, 2.45) is 5.84 Å². The Labute approximate surface area is 108 Å². The Morgan fingerprint density at radius 3 is 2.05 bits per heavy atom. The van der Waals surface area contributed by atoms with E-state index >= 15 is 0 Å². The molecule has 1 amide bonds. The number of nitrogens with one attached hydrogen (secondary N) is 2. The highest BCUT2D eigenvalue weighted by Crippen LogP contribution is 2.15. The standard InChI is InChI=1S/C13H11F2N3O/c14-9-5-10(15)7-12(6-9)17-13(19)8-1-3-11(18-16)4-2-8/h1-7,18H,16H2,(H,17,19). The topological polar surface area (TPSA) is 67.1 Å². The number of rotatable bonds is 3. The first-order chi connectivity index (χ1) is 9.08. The van der Waals surface area contributed by atoms with Crippen LogP contribution >= 0.6 is 0 Å². The van der Waals surface area contributed by atoms with Crippen LogP contribution in [-0.4, -0.2) is 5.91 Å². The molecule has 2 aromatic carbocycles. The maximum atomic E-state index is 13.0. The first-order valence-electron chi connectivity index (χ1n) is 5.42. The smallest absolute Gasteiger partial charge is 0.255 e. The zero-order valence-corrected chi connectivity index (χ0v) is 9.78. The summed E-state index contributed by atoms with van der Waals surface area (Å²) in [5.74, 6) is 3.23. The maximum Gasteiger partial charge on any atom is 0.255 e. The molecule has 0 bridgehead atoms. The summed E-state index contributed by atoms with van der Waals surface area (Å²) in [5.41, 5.74) is 3.48. The number of amides is 1. The Balaban J connectivity index is 2.15. The molecule has 0 saturated carbocycles. The summed E-state index contributed by atoms with van der Waals surface area (Å²) < 4.78 is 25.9. The maximum absolute atomic E-state index is 13.0. The van der Waals surface area contributed by atoms with Crippen LogP contribution in [0.1, 0.15) is 10.4 Å². The molecule has 2 aromatic rings. The van der Waals surface area contributed by atoms with Gasteiger partial charge in [0.1, 0.15) is 11.6 Å². The van der Waals surface area contributed by atoms with Crippen LogP contribution in [0.3, 0.4) is 0 Å². The highest BCUT2D eigenvalue weighted by Gasteiger charge is 2.07. The van der Waals surface area contributed by atoms with Crippen molar-refractivity contribution in [1.29, 1.82) is 0 Å². The van der Waals surface area contributed by atoms with Gasteiger partial charge in [0.2, 0.25) is 0 Å². The van der Waals surface area contributed by atoms with Crippen LogP contribution in [0.4, 0.5) is 20.2 Å². The minimum absolute atomic E-state index is 0.0588. The quantitative estimate of drug-likeness (QED) is 0.588. The van der Waals surface area contributed by atoms with E-state index in [1.54, 1.807) is 24.3 Å². The molecule has 0 aliphatic carbocycles. The number of hydrazine groups is 1. The summed E-state index contributed by atoms with van der Waals surface area (Å²) in [6.07, 6.45) is 0. The Kier molecular flexibility index (Phi) is 3.72. The Bertz CT molecular complexity index is 579. The lowest BCUT2D eigenvalue weighted by atomic mass is 10.2. The number of nitrogen functional groups attached to an aromatic ring is 1. The van der Waals surface area contributed by atoms with Crippen LogP contribution in [0.25, 0.3) is 0 Å². The van der Waals surface area contributed by atoms with Gasteiger partial charge >= 0.3 is 0 Å². The van der Waals surface area contributed by atoms with E-state index < -0.39 is 17.5 Å². The highest BCUT2D eigenvalue weighted by molar-refractivity contribution is 6.04. The molecule has 0 saturated heterocycles. The number of carbonyl (C=O) groups excluding carboxylic acids is 1. The molecule has 0 radical (unpaired) electrons. The van der Waals surface area contributed by atoms with E-state index in [9.17, 15) is 13.6 Å². The molecule has 0 fully saturated rings. The van der Waals surface area contributed by atoms with E-state index in [1.165, 1.54) is 0 Å². The van der Waals surface area contributed by atoms with Gasteiger partial charge < -0.3 is 10.7 Å². The summed E-state index contributed by atoms with van der Waals surface area (Å²) in [4.78, 5) is 11.8. The third-order valence-corrected chi connectivity index (χ3v) is 2.43. The molecule has 19 heavy (non-hydrogen) atoms. The molecule has 0 aliphatic rings. The van der Waals surface area contributed by atoms with Gasteiger partial charge in [0, 0.05) is 23.0 Å². The normalized spacial score (nSPS) is 10.1. The average Bonchev–Trinajstić information content (AvgIpc) is 2.37. The van der Waals surface area contributed by atoms with E-state index in [1.807, 2.05) is 0 Å². The van der Waals surface area contributed by atoms with Gasteiger partial charge in [-0.05, 0) is 36.4 Å². The summed E-state index contributed by atoms with van der Waals surface area (Å²) in [6, 6.07) is 9.12. The Hall–Kier alpha value is -2.47. The van der Waals surface area contributed by atoms with Gasteiger partial charge in [-0.3, -0.25) is 10.6 Å². The second-order valence-electron chi connectivity index (χ2n) is 3.83. The third kappa shape index (κ3) is 3.26. The van der Waals surface area contributed by atoms with Crippen molar-refractivity contribution in [3.8, 4) is 0 Å². The summed E-state index contributed by atoms with van der Waals surface area (Å²) >= 11 is 0. The third-order valence-electron chi connectivity index (χ3n) is 2.43. The summed E-state index contributed by atoms with van der Waals surface area (Å²) in [5, 5.41) is 2.41. The number of benzene rings is 2. The number of nitrogens with two attached hydrogens (primary N) is 1. The SMILES string of the molecule is NNc1ccc(C(=O)Nc2cc(F)cc(F)c2)cc1. The molecule has 0 spiro atoms. The van der Waals surface area contributed by atoms with Crippen molar-refractivity contribution in [3.63, 3.8) is 0 Å². The molecular formula is C13H11F2N3O. The molecule has 0 aromatic heterocycles. The van der Waals surface area contributed by atoms with Gasteiger partial charge in [-0.25, -0.2) is 8.78 Å². The fourth-order valence-corrected chi connectivity index (χ4v) is 1.55. The largest absolute Gasteiger partial charge is 0.324 e. The van der Waals surface area contributed by atoms with E-state index in [-0.39, 0.29) is 5.69 Å². The summed E-state index contributed by atoms with van der Waals surface area (Å²) in [6.45, 7) is 0. The number of hydrogen-bond donors (Lipinski definition) is 3. The molecule has 0 unspecified atom stereocenters. The monoisotopic (exact) mass is 263 g/mol. The van der Waals surface area contributed by atoms with Crippen molar-refractivity contribution in [3.05, 3.63) is 59.7 Å². The van der Waals surface area contributed by atoms with Crippen molar-refractivity contribution < 1.29 is 13.6 Å². The number of hydrogen-bond acceptors (Lipinski definition) is 3. The molecule has 0 atom stereocenters. The highest BCUT2D eigenvalue weighted by atomic mass is 19.1. The van der Waals surface area contributed by atoms with Crippen molar-refractivity contribution in [2.45, 2.75) is 0 Å². The Morgan fingerprint density at radius 1 is 0.947 bits per heavy atom. The number of halogens is 2. The molecule has 4 N–H and O–H groups in total. The van der Waals surface area contributed by atoms with Gasteiger partial charge in [0.05, 0.1) is 0 Å². The minimum Gasteiger partial charge on any atom is -0.324 e. The average molecular weight is 263 g/mol. The first-order valence-corrected chi connectivity index (χ1v) is 5.42. The lowest BCUT2D eigenvalue weighted by Gasteiger charge is -2.06. The number of anilines is 2. The minimum atomic E-state index is -0.752. The van der Waals surface area contributed by atoms with Crippen molar-refractivity contribution >= 4 is 17.3 Å². The Morgan fingerprint density at radius 2 is 1.53 bits per heavy atom. The van der Waals surface area contributed by atoms with Gasteiger partial charge in [0.15, 0.2) is 0 Å². The predicted octanol–water partition coefficient (Wildman–Crippen LogP) is 2.50. The van der Waals surface area contributed by atoms with Crippen LogP contribution in [0, 0.1) is 11.6 Å². The van der Waals surface area contributed by atoms with E-state index in [0.717, 1.165) is 18.2 Å². The van der Waals surface area contributed by atoms with Gasteiger partial charge in [-0.15, -0.1) is 0 Å². The fourth-order valence-electron chi connectivity index (χ4n) is 1.55. The lowest BCUT2D eigenvalue weighted by molar-refractivity contribution is 0.102. The molecule has 98 valence electrons. The van der Waals surface area contributed by atoms with E-state index in [0.29, 0.717) is 11.3 Å². The van der Waals surface area contributed by atoms with Crippen LogP contribution in [0.15, 0.2) is 42.5 Å². The number of carbonyl (C=O) groups is 1. The molecule has 4 nitrogen and oxygen atoms in total. The second-order valence-corrected chi connectivity index (χ2v) is 3.83. The van der Waals surface area contributed by atoms with Gasteiger partial charge in [-0.2, -0.15) is 0 Å². The van der Waals surface area contributed by atoms with Crippen LogP contribution in [-0.2, 0) is 0 Å². The van der Waals surface area contributed by atoms with Crippen molar-refractivity contribution in [1.82, 2.24) is 0 Å².